The van der Waals surface area contributed by atoms with Gasteiger partial charge in [-0.15, -0.1) is 0 Å². The Hall–Kier alpha value is -1.53. The lowest BCUT2D eigenvalue weighted by Crippen LogP contribution is -2.29. The average Bonchev–Trinajstić information content (AvgIpc) is 2.95. The molecule has 0 atom stereocenters. The zero-order valence-electron chi connectivity index (χ0n) is 10.2. The minimum absolute atomic E-state index is 0.0895. The molecule has 100 valence electrons. The van der Waals surface area contributed by atoms with Gasteiger partial charge in [-0.05, 0) is 18.1 Å². The van der Waals surface area contributed by atoms with Crippen molar-refractivity contribution in [1.82, 2.24) is 9.55 Å². The van der Waals surface area contributed by atoms with Crippen molar-refractivity contribution >= 4 is 27.3 Å². The number of para-hydroxylation sites is 1. The minimum Gasteiger partial charge on any atom is -0.324 e. The molecular weight excluding hydrogens is 286 g/mol. The summed E-state index contributed by atoms with van der Waals surface area (Å²) >= 11 is 5.99. The van der Waals surface area contributed by atoms with Crippen LogP contribution in [0.3, 0.4) is 0 Å². The van der Waals surface area contributed by atoms with E-state index in [1.807, 2.05) is 18.2 Å². The number of anilines is 1. The standard InChI is InChI=1S/C12H12ClN3O2S/c1-15-8-14-12(11(15)13)19(17,18)16-7-6-9-4-2-3-5-10(9)16/h2-5,8H,6-7H2,1H3. The van der Waals surface area contributed by atoms with Crippen molar-refractivity contribution in [3.8, 4) is 0 Å². The van der Waals surface area contributed by atoms with E-state index in [0.717, 1.165) is 5.56 Å². The number of hydrogen-bond acceptors (Lipinski definition) is 3. The maximum Gasteiger partial charge on any atom is 0.284 e. The van der Waals surface area contributed by atoms with E-state index in [0.29, 0.717) is 18.7 Å². The van der Waals surface area contributed by atoms with Crippen LogP contribution in [0.5, 0.6) is 0 Å². The van der Waals surface area contributed by atoms with Gasteiger partial charge in [-0.25, -0.2) is 4.98 Å². The van der Waals surface area contributed by atoms with Gasteiger partial charge in [-0.2, -0.15) is 8.42 Å². The van der Waals surface area contributed by atoms with Gasteiger partial charge in [0.25, 0.3) is 10.0 Å². The van der Waals surface area contributed by atoms with Crippen molar-refractivity contribution in [3.63, 3.8) is 0 Å². The van der Waals surface area contributed by atoms with Gasteiger partial charge in [0.2, 0.25) is 5.03 Å². The Bertz CT molecular complexity index is 739. The fourth-order valence-electron chi connectivity index (χ4n) is 2.23. The summed E-state index contributed by atoms with van der Waals surface area (Å²) in [4.78, 5) is 3.91. The summed E-state index contributed by atoms with van der Waals surface area (Å²) in [7, 11) is -2.03. The molecule has 0 N–H and O–H groups in total. The summed E-state index contributed by atoms with van der Waals surface area (Å²) in [5.74, 6) is 0. The molecule has 5 nitrogen and oxygen atoms in total. The van der Waals surface area contributed by atoms with Crippen LogP contribution in [0.1, 0.15) is 5.56 Å². The van der Waals surface area contributed by atoms with Gasteiger partial charge in [0.15, 0.2) is 0 Å². The van der Waals surface area contributed by atoms with Crippen LogP contribution in [-0.2, 0) is 23.5 Å². The van der Waals surface area contributed by atoms with Crippen LogP contribution in [0.15, 0.2) is 35.6 Å². The third-order valence-electron chi connectivity index (χ3n) is 3.21. The fourth-order valence-corrected chi connectivity index (χ4v) is 4.13. The van der Waals surface area contributed by atoms with Gasteiger partial charge in [0, 0.05) is 13.6 Å². The summed E-state index contributed by atoms with van der Waals surface area (Å²) in [6.07, 6.45) is 2.11. The zero-order chi connectivity index (χ0) is 13.6. The quantitative estimate of drug-likeness (QED) is 0.850. The highest BCUT2D eigenvalue weighted by atomic mass is 35.5. The Kier molecular flexibility index (Phi) is 2.79. The first kappa shape index (κ1) is 12.5. The first-order valence-corrected chi connectivity index (χ1v) is 7.61. The molecule has 0 saturated heterocycles. The molecule has 1 aromatic heterocycles. The minimum atomic E-state index is -3.69. The number of benzene rings is 1. The first-order chi connectivity index (χ1) is 9.01. The lowest BCUT2D eigenvalue weighted by molar-refractivity contribution is 0.589. The molecule has 7 heteroatoms. The van der Waals surface area contributed by atoms with Gasteiger partial charge in [-0.3, -0.25) is 4.31 Å². The first-order valence-electron chi connectivity index (χ1n) is 5.79. The summed E-state index contributed by atoms with van der Waals surface area (Å²) in [6, 6.07) is 7.47. The van der Waals surface area contributed by atoms with E-state index in [1.54, 1.807) is 13.1 Å². The SMILES string of the molecule is Cn1cnc(S(=O)(=O)N2CCc3ccccc32)c1Cl. The Morgan fingerprint density at radius 1 is 1.32 bits per heavy atom. The highest BCUT2D eigenvalue weighted by Gasteiger charge is 2.34. The van der Waals surface area contributed by atoms with E-state index in [4.69, 9.17) is 11.6 Å². The van der Waals surface area contributed by atoms with Crippen molar-refractivity contribution in [3.05, 3.63) is 41.3 Å². The molecule has 0 bridgehead atoms. The second kappa shape index (κ2) is 4.25. The van der Waals surface area contributed by atoms with E-state index >= 15 is 0 Å². The molecular formula is C12H12ClN3O2S. The van der Waals surface area contributed by atoms with Crippen LogP contribution in [-0.4, -0.2) is 24.5 Å². The van der Waals surface area contributed by atoms with Crippen molar-refractivity contribution < 1.29 is 8.42 Å². The van der Waals surface area contributed by atoms with Gasteiger partial charge in [0.05, 0.1) is 12.0 Å². The van der Waals surface area contributed by atoms with Crippen LogP contribution < -0.4 is 4.31 Å². The number of halogens is 1. The lowest BCUT2D eigenvalue weighted by atomic mass is 10.2. The largest absolute Gasteiger partial charge is 0.324 e. The van der Waals surface area contributed by atoms with Crippen molar-refractivity contribution in [2.24, 2.45) is 7.05 Å². The molecule has 0 unspecified atom stereocenters. The van der Waals surface area contributed by atoms with Crippen molar-refractivity contribution in [2.75, 3.05) is 10.8 Å². The van der Waals surface area contributed by atoms with Gasteiger partial charge >= 0.3 is 0 Å². The van der Waals surface area contributed by atoms with Crippen LogP contribution in [0.2, 0.25) is 5.15 Å². The summed E-state index contributed by atoms with van der Waals surface area (Å²) < 4.78 is 28.0. The smallest absolute Gasteiger partial charge is 0.284 e. The Balaban J connectivity index is 2.11. The van der Waals surface area contributed by atoms with Crippen LogP contribution in [0.4, 0.5) is 5.69 Å². The topological polar surface area (TPSA) is 55.2 Å². The van der Waals surface area contributed by atoms with Crippen molar-refractivity contribution in [1.29, 1.82) is 0 Å². The summed E-state index contributed by atoms with van der Waals surface area (Å²) in [5.41, 5.74) is 1.74. The molecule has 1 aliphatic heterocycles. The maximum atomic E-state index is 12.6. The summed E-state index contributed by atoms with van der Waals surface area (Å²) in [6.45, 7) is 0.425. The Morgan fingerprint density at radius 3 is 2.74 bits per heavy atom. The van der Waals surface area contributed by atoms with E-state index < -0.39 is 10.0 Å². The third-order valence-corrected chi connectivity index (χ3v) is 5.52. The van der Waals surface area contributed by atoms with E-state index in [9.17, 15) is 8.42 Å². The monoisotopic (exact) mass is 297 g/mol. The third kappa shape index (κ3) is 1.82. The molecule has 0 saturated carbocycles. The predicted octanol–water partition coefficient (Wildman–Crippen LogP) is 1.82. The van der Waals surface area contributed by atoms with E-state index in [1.165, 1.54) is 15.2 Å². The van der Waals surface area contributed by atoms with E-state index in [2.05, 4.69) is 4.98 Å². The zero-order valence-corrected chi connectivity index (χ0v) is 11.8. The average molecular weight is 298 g/mol. The number of fused-ring (bicyclic) bond motifs is 1. The molecule has 1 aromatic carbocycles. The molecule has 0 aliphatic carbocycles. The van der Waals surface area contributed by atoms with Gasteiger partial charge in [-0.1, -0.05) is 29.8 Å². The molecule has 0 spiro atoms. The normalized spacial score (nSPS) is 14.7. The maximum absolute atomic E-state index is 12.6. The predicted molar refractivity (Wildman–Crippen MR) is 72.9 cm³/mol. The molecule has 19 heavy (non-hydrogen) atoms. The molecule has 0 radical (unpaired) electrons. The Labute approximate surface area is 116 Å². The Morgan fingerprint density at radius 2 is 2.05 bits per heavy atom. The molecule has 3 rings (SSSR count). The van der Waals surface area contributed by atoms with E-state index in [-0.39, 0.29) is 10.2 Å². The highest BCUT2D eigenvalue weighted by Crippen LogP contribution is 2.33. The molecule has 2 heterocycles. The number of aromatic nitrogens is 2. The number of aryl methyl sites for hydroxylation is 1. The second-order valence-electron chi connectivity index (χ2n) is 4.41. The number of imidazole rings is 1. The molecule has 0 fully saturated rings. The van der Waals surface area contributed by atoms with Gasteiger partial charge < -0.3 is 4.57 Å². The number of sulfonamides is 1. The van der Waals surface area contributed by atoms with Crippen molar-refractivity contribution in [2.45, 2.75) is 11.4 Å². The highest BCUT2D eigenvalue weighted by molar-refractivity contribution is 7.92. The van der Waals surface area contributed by atoms with Crippen LogP contribution in [0, 0.1) is 0 Å². The second-order valence-corrected chi connectivity index (χ2v) is 6.54. The molecule has 0 amide bonds. The lowest BCUT2D eigenvalue weighted by Gasteiger charge is -2.18. The summed E-state index contributed by atoms with van der Waals surface area (Å²) in [5, 5.41) is 0.0396. The number of rotatable bonds is 2. The van der Waals surface area contributed by atoms with Crippen LogP contribution >= 0.6 is 11.6 Å². The fraction of sp³-hybridized carbons (Fsp3) is 0.250. The number of hydrogen-bond donors (Lipinski definition) is 0. The van der Waals surface area contributed by atoms with Crippen LogP contribution in [0.25, 0.3) is 0 Å². The molecule has 2 aromatic rings. The van der Waals surface area contributed by atoms with Gasteiger partial charge in [0.1, 0.15) is 5.15 Å². The number of nitrogens with zero attached hydrogens (tertiary/aromatic N) is 3. The molecule has 1 aliphatic rings.